The summed E-state index contributed by atoms with van der Waals surface area (Å²) in [5.74, 6) is -1.60. The Balaban J connectivity index is 1.98. The van der Waals surface area contributed by atoms with Crippen LogP contribution in [0.15, 0.2) is 24.3 Å². The van der Waals surface area contributed by atoms with Crippen molar-refractivity contribution in [2.75, 3.05) is 6.61 Å². The van der Waals surface area contributed by atoms with Gasteiger partial charge in [-0.05, 0) is 19.1 Å². The number of hydrogen-bond donors (Lipinski definition) is 1. The molecule has 0 aliphatic carbocycles. The van der Waals surface area contributed by atoms with Crippen LogP contribution in [0.25, 0.3) is 10.2 Å². The van der Waals surface area contributed by atoms with Crippen molar-refractivity contribution >= 4 is 33.4 Å². The smallest absolute Gasteiger partial charge is 0.396 e. The lowest BCUT2D eigenvalue weighted by Gasteiger charge is -2.01. The van der Waals surface area contributed by atoms with Gasteiger partial charge in [0.1, 0.15) is 5.01 Å². The molecule has 0 bridgehead atoms. The van der Waals surface area contributed by atoms with Gasteiger partial charge in [-0.2, -0.15) is 0 Å². The van der Waals surface area contributed by atoms with Gasteiger partial charge in [-0.3, -0.25) is 4.79 Å². The van der Waals surface area contributed by atoms with E-state index >= 15 is 0 Å². The molecule has 0 saturated heterocycles. The van der Waals surface area contributed by atoms with Gasteiger partial charge < -0.3 is 10.1 Å². The van der Waals surface area contributed by atoms with Crippen LogP contribution in [0.1, 0.15) is 11.9 Å². The highest BCUT2D eigenvalue weighted by Crippen LogP contribution is 2.21. The van der Waals surface area contributed by atoms with Crippen molar-refractivity contribution in [2.45, 2.75) is 13.5 Å². The second-order valence-corrected chi connectivity index (χ2v) is 4.59. The van der Waals surface area contributed by atoms with Gasteiger partial charge in [0.05, 0.1) is 23.4 Å². The van der Waals surface area contributed by atoms with E-state index in [4.69, 9.17) is 0 Å². The van der Waals surface area contributed by atoms with Gasteiger partial charge in [0.15, 0.2) is 0 Å². The number of ether oxygens (including phenoxy) is 1. The van der Waals surface area contributed by atoms with Crippen molar-refractivity contribution in [3.05, 3.63) is 29.3 Å². The van der Waals surface area contributed by atoms with E-state index in [1.54, 1.807) is 6.92 Å². The van der Waals surface area contributed by atoms with Gasteiger partial charge in [-0.15, -0.1) is 11.3 Å². The number of amides is 1. The second-order valence-electron chi connectivity index (χ2n) is 3.48. The number of rotatable bonds is 3. The predicted molar refractivity (Wildman–Crippen MR) is 68.1 cm³/mol. The molecule has 1 amide bonds. The lowest BCUT2D eigenvalue weighted by Crippen LogP contribution is -2.31. The molecule has 1 aromatic carbocycles. The summed E-state index contributed by atoms with van der Waals surface area (Å²) in [4.78, 5) is 26.7. The molecule has 0 aliphatic heterocycles. The summed E-state index contributed by atoms with van der Waals surface area (Å²) in [6.07, 6.45) is 0. The highest BCUT2D eigenvalue weighted by atomic mass is 32.1. The molecular formula is C12H12N2O3S. The van der Waals surface area contributed by atoms with Crippen molar-refractivity contribution in [2.24, 2.45) is 0 Å². The molecule has 2 aromatic rings. The average Bonchev–Trinajstić information content (AvgIpc) is 2.78. The molecule has 18 heavy (non-hydrogen) atoms. The number of benzene rings is 1. The molecule has 0 radical (unpaired) electrons. The van der Waals surface area contributed by atoms with Crippen LogP contribution in [0.5, 0.6) is 0 Å². The highest BCUT2D eigenvalue weighted by molar-refractivity contribution is 7.18. The number of thiazole rings is 1. The van der Waals surface area contributed by atoms with Crippen LogP contribution in [-0.4, -0.2) is 23.5 Å². The molecule has 0 atom stereocenters. The third-order valence-corrected chi connectivity index (χ3v) is 3.24. The van der Waals surface area contributed by atoms with Crippen LogP contribution in [0, 0.1) is 0 Å². The Morgan fingerprint density at radius 3 is 2.89 bits per heavy atom. The number of esters is 1. The van der Waals surface area contributed by atoms with Gasteiger partial charge in [0, 0.05) is 0 Å². The maximum Gasteiger partial charge on any atom is 0.396 e. The van der Waals surface area contributed by atoms with Crippen molar-refractivity contribution in [1.29, 1.82) is 0 Å². The minimum Gasteiger partial charge on any atom is -0.459 e. The number of nitrogens with zero attached hydrogens (tertiary/aromatic N) is 1. The number of hydrogen-bond acceptors (Lipinski definition) is 5. The zero-order chi connectivity index (χ0) is 13.0. The molecular weight excluding hydrogens is 252 g/mol. The van der Waals surface area contributed by atoms with Crippen LogP contribution in [0.2, 0.25) is 0 Å². The largest absolute Gasteiger partial charge is 0.459 e. The van der Waals surface area contributed by atoms with E-state index in [1.165, 1.54) is 11.3 Å². The average molecular weight is 264 g/mol. The zero-order valence-corrected chi connectivity index (χ0v) is 10.6. The second kappa shape index (κ2) is 5.59. The minimum absolute atomic E-state index is 0.188. The van der Waals surface area contributed by atoms with E-state index in [2.05, 4.69) is 15.0 Å². The summed E-state index contributed by atoms with van der Waals surface area (Å²) in [7, 11) is 0. The molecule has 6 heteroatoms. The molecule has 2 rings (SSSR count). The lowest BCUT2D eigenvalue weighted by atomic mass is 10.3. The fourth-order valence-electron chi connectivity index (χ4n) is 1.42. The highest BCUT2D eigenvalue weighted by Gasteiger charge is 2.14. The quantitative estimate of drug-likeness (QED) is 0.673. The number of aromatic nitrogens is 1. The van der Waals surface area contributed by atoms with Gasteiger partial charge in [-0.1, -0.05) is 12.1 Å². The zero-order valence-electron chi connectivity index (χ0n) is 9.80. The maximum atomic E-state index is 11.3. The first-order valence-corrected chi connectivity index (χ1v) is 6.31. The molecule has 1 aromatic heterocycles. The first-order valence-electron chi connectivity index (χ1n) is 5.50. The number of fused-ring (bicyclic) bond motifs is 1. The fraction of sp³-hybridized carbons (Fsp3) is 0.250. The molecule has 0 fully saturated rings. The molecule has 0 aliphatic rings. The van der Waals surface area contributed by atoms with Crippen molar-refractivity contribution in [3.63, 3.8) is 0 Å². The number of nitrogens with one attached hydrogen (secondary N) is 1. The summed E-state index contributed by atoms with van der Waals surface area (Å²) in [5.41, 5.74) is 0.892. The molecule has 1 N–H and O–H groups in total. The summed E-state index contributed by atoms with van der Waals surface area (Å²) in [6, 6.07) is 7.71. The Bertz CT molecular complexity index is 546. The van der Waals surface area contributed by atoms with E-state index in [0.717, 1.165) is 15.2 Å². The van der Waals surface area contributed by atoms with E-state index in [1.807, 2.05) is 24.3 Å². The van der Waals surface area contributed by atoms with E-state index in [0.29, 0.717) is 0 Å². The van der Waals surface area contributed by atoms with Gasteiger partial charge >= 0.3 is 11.9 Å². The molecule has 0 saturated carbocycles. The third-order valence-electron chi connectivity index (χ3n) is 2.20. The van der Waals surface area contributed by atoms with Crippen LogP contribution >= 0.6 is 11.3 Å². The minimum atomic E-state index is -0.862. The first-order chi connectivity index (χ1) is 8.70. The van der Waals surface area contributed by atoms with Crippen molar-refractivity contribution < 1.29 is 14.3 Å². The number of carbonyl (C=O) groups excluding carboxylic acids is 2. The maximum absolute atomic E-state index is 11.3. The van der Waals surface area contributed by atoms with Gasteiger partial charge in [0.2, 0.25) is 0 Å². The van der Waals surface area contributed by atoms with E-state index in [-0.39, 0.29) is 13.2 Å². The Morgan fingerprint density at radius 1 is 1.39 bits per heavy atom. The summed E-state index contributed by atoms with van der Waals surface area (Å²) in [6.45, 7) is 2.07. The number of para-hydroxylation sites is 1. The molecule has 0 spiro atoms. The van der Waals surface area contributed by atoms with Crippen LogP contribution in [0.4, 0.5) is 0 Å². The first kappa shape index (κ1) is 12.5. The lowest BCUT2D eigenvalue weighted by molar-refractivity contribution is -0.154. The Kier molecular flexibility index (Phi) is 3.88. The summed E-state index contributed by atoms with van der Waals surface area (Å²) >= 11 is 1.49. The Labute approximate surface area is 108 Å². The van der Waals surface area contributed by atoms with Crippen molar-refractivity contribution in [1.82, 2.24) is 10.3 Å². The monoisotopic (exact) mass is 264 g/mol. The topological polar surface area (TPSA) is 68.3 Å². The van der Waals surface area contributed by atoms with Gasteiger partial charge in [0.25, 0.3) is 0 Å². The predicted octanol–water partition coefficient (Wildman–Crippen LogP) is 1.48. The summed E-state index contributed by atoms with van der Waals surface area (Å²) in [5, 5.41) is 3.24. The van der Waals surface area contributed by atoms with Crippen LogP contribution in [-0.2, 0) is 20.9 Å². The standard InChI is InChI=1S/C12H12N2O3S/c1-2-17-12(16)11(15)13-7-10-14-8-5-3-4-6-9(8)18-10/h3-6H,2,7H2,1H3,(H,13,15). The Morgan fingerprint density at radius 2 is 2.17 bits per heavy atom. The normalized spacial score (nSPS) is 10.3. The molecule has 94 valence electrons. The third kappa shape index (κ3) is 2.84. The van der Waals surface area contributed by atoms with E-state index in [9.17, 15) is 9.59 Å². The SMILES string of the molecule is CCOC(=O)C(=O)NCc1nc2ccccc2s1. The Hall–Kier alpha value is -1.95. The van der Waals surface area contributed by atoms with Crippen LogP contribution < -0.4 is 5.32 Å². The summed E-state index contributed by atoms with van der Waals surface area (Å²) < 4.78 is 5.64. The number of carbonyl (C=O) groups is 2. The van der Waals surface area contributed by atoms with Crippen molar-refractivity contribution in [3.8, 4) is 0 Å². The van der Waals surface area contributed by atoms with Crippen LogP contribution in [0.3, 0.4) is 0 Å². The molecule has 5 nitrogen and oxygen atoms in total. The molecule has 1 heterocycles. The van der Waals surface area contributed by atoms with Gasteiger partial charge in [-0.25, -0.2) is 9.78 Å². The fourth-order valence-corrected chi connectivity index (χ4v) is 2.33. The van der Waals surface area contributed by atoms with E-state index < -0.39 is 11.9 Å². The molecule has 0 unspecified atom stereocenters.